The van der Waals surface area contributed by atoms with E-state index in [9.17, 15) is 62.9 Å². The summed E-state index contributed by atoms with van der Waals surface area (Å²) in [6, 6.07) is 62.2. The molecule has 0 saturated heterocycles. The number of aliphatic hydroxyl groups excluding tert-OH is 1. The number of nitro groups is 1. The molecule has 9 heterocycles. The third-order valence-electron chi connectivity index (χ3n) is 15.0. The number of nitro benzene ring substituents is 1. The van der Waals surface area contributed by atoms with Gasteiger partial charge < -0.3 is 20.3 Å². The maximum Gasteiger partial charge on any atom is 0.306 e. The summed E-state index contributed by atoms with van der Waals surface area (Å²) in [7, 11) is 1.74. The first kappa shape index (κ1) is 87.9. The molecule has 0 radical (unpaired) electrons. The Balaban J connectivity index is 0.000000162. The summed E-state index contributed by atoms with van der Waals surface area (Å²) in [6.07, 6.45) is -0.0356. The summed E-state index contributed by atoms with van der Waals surface area (Å²) >= 11 is 17.9. The van der Waals surface area contributed by atoms with Gasteiger partial charge in [0.15, 0.2) is 0 Å². The van der Waals surface area contributed by atoms with E-state index in [1.165, 1.54) is 160 Å². The van der Waals surface area contributed by atoms with Crippen molar-refractivity contribution in [3.05, 3.63) is 381 Å². The van der Waals surface area contributed by atoms with Crippen LogP contribution in [-0.4, -0.2) is 70.1 Å². The predicted molar refractivity (Wildman–Crippen MR) is 461 cm³/mol. The van der Waals surface area contributed by atoms with E-state index in [-0.39, 0.29) is 87.4 Å². The molecule has 5 N–H and O–H groups in total. The van der Waals surface area contributed by atoms with Gasteiger partial charge in [0.05, 0.1) is 68.6 Å². The van der Waals surface area contributed by atoms with Crippen LogP contribution in [0.25, 0.3) is 31.5 Å². The highest BCUT2D eigenvalue weighted by Crippen LogP contribution is 2.22. The van der Waals surface area contributed by atoms with E-state index >= 15 is 0 Å². The Morgan fingerprint density at radius 3 is 1.50 bits per heavy atom. The summed E-state index contributed by atoms with van der Waals surface area (Å²) < 4.78 is 23.5. The topological polar surface area (TPSA) is 359 Å². The van der Waals surface area contributed by atoms with Gasteiger partial charge >= 0.3 is 5.97 Å². The molecule has 0 fully saturated rings. The first-order valence-electron chi connectivity index (χ1n) is 33.5. The van der Waals surface area contributed by atoms with Gasteiger partial charge in [0.1, 0.15) is 12.5 Å². The Morgan fingerprint density at radius 1 is 0.526 bits per heavy atom. The molecule has 9 aromatic heterocycles. The van der Waals surface area contributed by atoms with Gasteiger partial charge in [-0.05, 0) is 109 Å². The second-order valence-corrected chi connectivity index (χ2v) is 31.7. The smallest absolute Gasteiger partial charge is 0.306 e. The monoisotopic (exact) mass is 1730 g/mol. The van der Waals surface area contributed by atoms with Gasteiger partial charge in [-0.15, -0.1) is 0 Å². The highest BCUT2D eigenvalue weighted by molar-refractivity contribution is 7.13. The molecule has 16 rings (SSSR count). The minimum Gasteiger partial charge on any atom is -0.493 e. The molecule has 0 spiro atoms. The van der Waals surface area contributed by atoms with Crippen molar-refractivity contribution in [1.82, 2.24) is 36.4 Å². The van der Waals surface area contributed by atoms with Gasteiger partial charge in [0.2, 0.25) is 5.91 Å². The number of carboxylic acid groups (broad SMARTS) is 1. The van der Waals surface area contributed by atoms with Crippen LogP contribution >= 0.6 is 115 Å². The summed E-state index contributed by atoms with van der Waals surface area (Å²) in [4.78, 5) is 131. The normalized spacial score (nSPS) is 10.5. The molecule has 16 aromatic rings. The third kappa shape index (κ3) is 27.9. The van der Waals surface area contributed by atoms with Crippen molar-refractivity contribution in [1.29, 1.82) is 0 Å². The lowest BCUT2D eigenvalue weighted by molar-refractivity contribution is -0.384. The first-order chi connectivity index (χ1) is 54.8. The highest BCUT2D eigenvalue weighted by atomic mass is 35.5. The molecule has 0 aliphatic rings. The molecule has 7 aromatic carbocycles. The number of aryl methyl sites for hydroxylation is 2. The van der Waals surface area contributed by atoms with Crippen molar-refractivity contribution >= 4 is 159 Å². The van der Waals surface area contributed by atoms with Gasteiger partial charge in [-0.25, -0.2) is 11.9 Å². The number of aliphatic hydroxyl groups is 1. The van der Waals surface area contributed by atoms with Gasteiger partial charge in [0, 0.05) is 117 Å². The molecule has 1 unspecified atom stereocenters. The van der Waals surface area contributed by atoms with Crippen LogP contribution in [0.1, 0.15) is 48.6 Å². The Morgan fingerprint density at radius 2 is 1.03 bits per heavy atom. The molecule has 0 saturated carbocycles. The largest absolute Gasteiger partial charge is 0.493 e. The Bertz CT molecular complexity index is 6260. The van der Waals surface area contributed by atoms with Crippen LogP contribution in [0.5, 0.6) is 5.75 Å². The molecule has 1 amide bonds. The van der Waals surface area contributed by atoms with E-state index in [1.807, 2.05) is 103 Å². The molecule has 1 atom stereocenters. The molecule has 0 bridgehead atoms. The van der Waals surface area contributed by atoms with E-state index in [0.29, 0.717) is 34.9 Å². The summed E-state index contributed by atoms with van der Waals surface area (Å²) in [6.45, 7) is 6.69. The van der Waals surface area contributed by atoms with Gasteiger partial charge in [0.25, 0.3) is 55.7 Å². The van der Waals surface area contributed by atoms with Gasteiger partial charge in [-0.2, -0.15) is 0 Å². The zero-order chi connectivity index (χ0) is 82.1. The first-order valence-corrected chi connectivity index (χ1v) is 41.4. The molecular weight excluding hydrogens is 1660 g/mol. The molecule has 114 heavy (non-hydrogen) atoms. The van der Waals surface area contributed by atoms with E-state index in [2.05, 4.69) is 45.3 Å². The van der Waals surface area contributed by atoms with Crippen molar-refractivity contribution < 1.29 is 29.5 Å². The van der Waals surface area contributed by atoms with E-state index in [4.69, 9.17) is 26.6 Å². The quantitative estimate of drug-likeness (QED) is 0.0470. The number of halogens is 1. The summed E-state index contributed by atoms with van der Waals surface area (Å²) in [5, 5.41) is 44.2. The van der Waals surface area contributed by atoms with Gasteiger partial charge in [-0.3, -0.25) is 87.4 Å². The standard InChI is InChI=1S/C12H12N2O2S.C12H11NO4S.2C11H11NOS.C9H6N2O3S.C7H4ClNOS.C7H5NOS.C4H5NO2S.C4H5NOS/c1-9(15)13-11-4-2-3-10(7-11)8-14-12(16)5-6-17-14;14-11-6-8-18-13(11)9-1-3-10(4-2-9)17-7-5-12(15)16;1-9-2-4-10(5-3-9)8-12-11(13)6-7-14-12;1-9(10-5-3-2-4-6-10)12-11(13)7-8-14-12;12-9-5-6-15-10(9)7-1-3-8(4-2-7)11(13)14;8-4-1-2-6-5(3-4)7(10)9-11-6;9-7-5-3-1-2-4-6(5)10-8-7;6-3-5-4(7)1-2-8-5;1-5-4(6)2-3-7-5/h2-7H,8H2,1H3,(H,13,15);1-4,6,8H,5,7H2,(H,15,16);2-7H,8H2,1H3;2-9H,1H3;1-6H;1-3H,(H,9,10);1-4H,(H,8,9);1-2,6H,3H2;2-3H,1H3. The molecule has 37 heteroatoms. The Kier molecular flexibility index (Phi) is 34.8. The minimum absolute atomic E-state index is 0.0000647. The fraction of sp³-hybridized carbons (Fsp3) is 0.130. The number of aromatic amines is 2. The fourth-order valence-electron chi connectivity index (χ4n) is 9.35. The third-order valence-corrected chi connectivity index (χ3v) is 22.9. The second-order valence-electron chi connectivity index (χ2n) is 23.1. The number of benzene rings is 7. The molecule has 0 aliphatic carbocycles. The number of anilines is 1. The number of hydrogen-bond donors (Lipinski definition) is 5. The lowest BCUT2D eigenvalue weighted by Crippen LogP contribution is -2.16. The van der Waals surface area contributed by atoms with Crippen molar-refractivity contribution in [2.24, 2.45) is 7.05 Å². The van der Waals surface area contributed by atoms with Crippen LogP contribution in [0.2, 0.25) is 5.02 Å². The summed E-state index contributed by atoms with van der Waals surface area (Å²) in [5.74, 6) is -0.406. The number of carboxylic acids is 1. The molecular formula is C77H70ClN11O16S9. The van der Waals surface area contributed by atoms with Crippen LogP contribution in [0.15, 0.2) is 293 Å². The number of non-ortho nitro benzene ring substituents is 1. The molecule has 0 aliphatic heterocycles. The van der Waals surface area contributed by atoms with Crippen molar-refractivity contribution in [3.8, 4) is 17.1 Å². The van der Waals surface area contributed by atoms with Crippen LogP contribution < -0.4 is 60.1 Å². The lowest BCUT2D eigenvalue weighted by Gasteiger charge is -2.11. The number of ether oxygens (including phenoxy) is 1. The lowest BCUT2D eigenvalue weighted by atomic mass is 10.1. The Labute approximate surface area is 688 Å². The van der Waals surface area contributed by atoms with E-state index in [0.717, 1.165) is 37.3 Å². The number of nitrogens with zero attached hydrogens (tertiary/aromatic N) is 8. The minimum atomic E-state index is -0.892. The maximum atomic E-state index is 11.4. The number of fused-ring (bicyclic) bond motifs is 2. The van der Waals surface area contributed by atoms with Crippen molar-refractivity contribution in [3.63, 3.8) is 0 Å². The Hall–Kier alpha value is -11.7. The molecule has 590 valence electrons. The van der Waals surface area contributed by atoms with Crippen LogP contribution in [0, 0.1) is 17.0 Å². The fourth-order valence-corrected chi connectivity index (χ4v) is 15.7. The zero-order valence-corrected chi connectivity index (χ0v) is 68.7. The zero-order valence-electron chi connectivity index (χ0n) is 60.6. The second kappa shape index (κ2) is 45.1. The van der Waals surface area contributed by atoms with Gasteiger partial charge in [-0.1, -0.05) is 200 Å². The number of aromatic nitrogens is 9. The average Bonchev–Trinajstić information content (AvgIpc) is 1.32. The number of carbonyl (C=O) groups excluding carboxylic acids is 1. The van der Waals surface area contributed by atoms with Crippen molar-refractivity contribution in [2.75, 3.05) is 11.9 Å². The number of carbonyl (C=O) groups is 2. The van der Waals surface area contributed by atoms with Crippen LogP contribution in [0.3, 0.4) is 0 Å². The van der Waals surface area contributed by atoms with Crippen LogP contribution in [-0.2, 0) is 36.5 Å². The number of H-pyrrole nitrogens is 2. The van der Waals surface area contributed by atoms with E-state index < -0.39 is 10.9 Å². The van der Waals surface area contributed by atoms with Crippen LogP contribution in [0.4, 0.5) is 11.4 Å². The molecule has 27 nitrogen and oxygen atoms in total. The number of rotatable bonds is 15. The average molecular weight is 1730 g/mol. The van der Waals surface area contributed by atoms with Crippen molar-refractivity contribution in [2.45, 2.75) is 53.1 Å². The summed E-state index contributed by atoms with van der Waals surface area (Å²) in [5.41, 5.74) is 6.57. The van der Waals surface area contributed by atoms with E-state index in [1.54, 1.807) is 127 Å². The number of hydrogen-bond acceptors (Lipinski definition) is 24. The SMILES string of the molecule is CC(=O)Nc1cccc(Cn2sccc2=O)c1.CC(c1ccccc1)n1sccc1=O.Cc1ccc(Cn2sccc2=O)cc1.Cn1sccc1=O.O=C(O)CCOc1ccc(-n2sccc2=O)cc1.O=c1[nH]sc2ccc(Cl)cc12.O=c1[nH]sc2ccccc12.O=c1ccsn1-c1ccc([N+](=O)[O-])cc1.O=c1ccsn1CO. The number of amides is 1. The highest BCUT2D eigenvalue weighted by Gasteiger charge is 2.11. The number of aliphatic carboxylic acids is 1. The maximum absolute atomic E-state index is 11.4. The predicted octanol–water partition coefficient (Wildman–Crippen LogP) is 14.4. The number of nitrogens with one attached hydrogen (secondary N) is 3.